The van der Waals surface area contributed by atoms with Gasteiger partial charge in [0, 0.05) is 45.8 Å². The summed E-state index contributed by atoms with van der Waals surface area (Å²) >= 11 is 0. The molecule has 4 aromatic rings. The van der Waals surface area contributed by atoms with Crippen LogP contribution in [0.5, 0.6) is 0 Å². The minimum Gasteiger partial charge on any atom is -0.461 e. The molecule has 11 nitrogen and oxygen atoms in total. The number of nitrogens with two attached hydrogens (primary N) is 1. The highest BCUT2D eigenvalue weighted by molar-refractivity contribution is 5.68. The largest absolute Gasteiger partial charge is 0.461 e. The van der Waals surface area contributed by atoms with Gasteiger partial charge in [-0.1, -0.05) is 6.07 Å². The van der Waals surface area contributed by atoms with Crippen molar-refractivity contribution in [2.75, 3.05) is 54.9 Å². The fraction of sp³-hybridized carbons (Fsp3) is 0.423. The lowest BCUT2D eigenvalue weighted by Crippen LogP contribution is -2.49. The molecule has 0 spiro atoms. The van der Waals surface area contributed by atoms with Gasteiger partial charge in [0.25, 0.3) is 0 Å². The standard InChI is InChI=1S/C26H30FN9O2/c27-19-6-5-17(22(37)16-3-4-16)14-20(19)34-10-7-33(8-11-34)9-12-35-24-18(15-29-35)25-30-23(21-2-1-13-38-21)32-36(25)26(28)31-24/h1-2,5-6,13-14,16,22,29,37H,3-4,7-12,15H2,(H2,28,31). The third-order valence-corrected chi connectivity index (χ3v) is 7.76. The van der Waals surface area contributed by atoms with Gasteiger partial charge in [-0.15, -0.1) is 5.10 Å². The monoisotopic (exact) mass is 519 g/mol. The van der Waals surface area contributed by atoms with Crippen LogP contribution in [-0.2, 0) is 6.54 Å². The van der Waals surface area contributed by atoms with Gasteiger partial charge >= 0.3 is 0 Å². The van der Waals surface area contributed by atoms with Gasteiger partial charge in [0.1, 0.15) is 5.82 Å². The molecule has 198 valence electrons. The number of fused-ring (bicyclic) bond motifs is 3. The number of aliphatic hydroxyl groups is 1. The second kappa shape index (κ2) is 9.22. The first-order valence-corrected chi connectivity index (χ1v) is 13.1. The smallest absolute Gasteiger partial charge is 0.225 e. The third-order valence-electron chi connectivity index (χ3n) is 7.76. The number of furan rings is 1. The SMILES string of the molecule is Nc1nc2c(c3nc(-c4ccco4)nn13)CNN2CCN1CCN(c2cc(C(O)C3CC3)ccc2F)CC1. The highest BCUT2D eigenvalue weighted by Gasteiger charge is 2.32. The summed E-state index contributed by atoms with van der Waals surface area (Å²) in [4.78, 5) is 13.7. The Morgan fingerprint density at radius 1 is 1.13 bits per heavy atom. The zero-order valence-electron chi connectivity index (χ0n) is 20.9. The molecule has 0 bridgehead atoms. The number of piperazine rings is 1. The highest BCUT2D eigenvalue weighted by atomic mass is 19.1. The molecule has 38 heavy (non-hydrogen) atoms. The van der Waals surface area contributed by atoms with E-state index in [0.29, 0.717) is 41.9 Å². The topological polar surface area (TPSA) is 124 Å². The van der Waals surface area contributed by atoms with Crippen LogP contribution in [-0.4, -0.2) is 68.9 Å². The van der Waals surface area contributed by atoms with Crippen LogP contribution in [0.4, 0.5) is 21.8 Å². The molecule has 4 N–H and O–H groups in total. The first-order valence-electron chi connectivity index (χ1n) is 13.1. The predicted octanol–water partition coefficient (Wildman–Crippen LogP) is 2.20. The summed E-state index contributed by atoms with van der Waals surface area (Å²) < 4.78 is 21.7. The zero-order chi connectivity index (χ0) is 25.8. The molecule has 5 heterocycles. The van der Waals surface area contributed by atoms with E-state index in [0.717, 1.165) is 62.5 Å². The van der Waals surface area contributed by atoms with Crippen LogP contribution in [0.2, 0.25) is 0 Å². The van der Waals surface area contributed by atoms with E-state index < -0.39 is 6.10 Å². The van der Waals surface area contributed by atoms with E-state index in [-0.39, 0.29) is 11.8 Å². The van der Waals surface area contributed by atoms with Crippen LogP contribution in [0.15, 0.2) is 41.0 Å². The molecule has 12 heteroatoms. The summed E-state index contributed by atoms with van der Waals surface area (Å²) in [6.07, 6.45) is 3.18. The summed E-state index contributed by atoms with van der Waals surface area (Å²) in [5, 5.41) is 17.0. The summed E-state index contributed by atoms with van der Waals surface area (Å²) in [7, 11) is 0. The fourth-order valence-electron chi connectivity index (χ4n) is 5.41. The third kappa shape index (κ3) is 4.14. The number of hydrogen-bond donors (Lipinski definition) is 3. The van der Waals surface area contributed by atoms with E-state index in [1.54, 1.807) is 22.9 Å². The minimum atomic E-state index is -0.496. The van der Waals surface area contributed by atoms with E-state index in [9.17, 15) is 9.50 Å². The van der Waals surface area contributed by atoms with Crippen molar-refractivity contribution in [1.82, 2.24) is 29.9 Å². The van der Waals surface area contributed by atoms with Crippen LogP contribution in [0.25, 0.3) is 17.2 Å². The highest BCUT2D eigenvalue weighted by Crippen LogP contribution is 2.41. The molecular formula is C26H30FN9O2. The number of rotatable bonds is 7. The van der Waals surface area contributed by atoms with E-state index >= 15 is 0 Å². The molecule has 1 aliphatic carbocycles. The van der Waals surface area contributed by atoms with E-state index in [1.807, 2.05) is 17.1 Å². The Hall–Kier alpha value is -3.74. The number of nitrogen functional groups attached to an aromatic ring is 1. The van der Waals surface area contributed by atoms with Crippen molar-refractivity contribution >= 4 is 23.1 Å². The Labute approximate surface area is 218 Å². The van der Waals surface area contributed by atoms with Crippen molar-refractivity contribution < 1.29 is 13.9 Å². The number of nitrogens with zero attached hydrogens (tertiary/aromatic N) is 7. The molecule has 1 saturated heterocycles. The molecule has 1 unspecified atom stereocenters. The second-order valence-electron chi connectivity index (χ2n) is 10.2. The summed E-state index contributed by atoms with van der Waals surface area (Å²) in [6, 6.07) is 8.64. The van der Waals surface area contributed by atoms with Crippen LogP contribution < -0.4 is 21.1 Å². The van der Waals surface area contributed by atoms with E-state index in [2.05, 4.69) is 30.3 Å². The molecule has 1 aromatic carbocycles. The maximum atomic E-state index is 14.7. The predicted molar refractivity (Wildman–Crippen MR) is 140 cm³/mol. The molecule has 0 radical (unpaired) electrons. The zero-order valence-corrected chi connectivity index (χ0v) is 20.9. The number of aliphatic hydroxyl groups excluding tert-OH is 1. The Morgan fingerprint density at radius 2 is 1.97 bits per heavy atom. The molecular weight excluding hydrogens is 489 g/mol. The Balaban J connectivity index is 1.00. The average Bonchev–Trinajstić information content (AvgIpc) is 3.29. The number of benzene rings is 1. The first kappa shape index (κ1) is 23.4. The van der Waals surface area contributed by atoms with Crippen molar-refractivity contribution in [3.8, 4) is 11.6 Å². The molecule has 3 aromatic heterocycles. The molecule has 2 fully saturated rings. The first-order chi connectivity index (χ1) is 18.5. The maximum absolute atomic E-state index is 14.7. The van der Waals surface area contributed by atoms with Gasteiger partial charge in [0.2, 0.25) is 11.8 Å². The quantitative estimate of drug-likeness (QED) is 0.335. The van der Waals surface area contributed by atoms with Crippen molar-refractivity contribution in [2.45, 2.75) is 25.5 Å². The Morgan fingerprint density at radius 3 is 2.74 bits per heavy atom. The fourth-order valence-corrected chi connectivity index (χ4v) is 5.41. The average molecular weight is 520 g/mol. The van der Waals surface area contributed by atoms with Gasteiger partial charge in [0.15, 0.2) is 17.2 Å². The lowest BCUT2D eigenvalue weighted by Gasteiger charge is -2.37. The number of anilines is 3. The van der Waals surface area contributed by atoms with E-state index in [4.69, 9.17) is 10.2 Å². The van der Waals surface area contributed by atoms with Crippen molar-refractivity contribution in [2.24, 2.45) is 5.92 Å². The lowest BCUT2D eigenvalue weighted by atomic mass is 10.0. The van der Waals surface area contributed by atoms with E-state index in [1.165, 1.54) is 6.07 Å². The number of hydrogen-bond acceptors (Lipinski definition) is 10. The minimum absolute atomic E-state index is 0.235. The molecule has 7 rings (SSSR count). The van der Waals surface area contributed by atoms with Crippen molar-refractivity contribution in [1.29, 1.82) is 0 Å². The van der Waals surface area contributed by atoms with Crippen LogP contribution in [0, 0.1) is 11.7 Å². The van der Waals surface area contributed by atoms with Gasteiger partial charge in [-0.25, -0.2) is 14.8 Å². The Bertz CT molecular complexity index is 1460. The second-order valence-corrected chi connectivity index (χ2v) is 10.2. The van der Waals surface area contributed by atoms with Crippen LogP contribution in [0.3, 0.4) is 0 Å². The number of halogens is 1. The van der Waals surface area contributed by atoms with Gasteiger partial charge in [0.05, 0.1) is 23.6 Å². The van der Waals surface area contributed by atoms with Crippen molar-refractivity contribution in [3.63, 3.8) is 0 Å². The number of hydrazine groups is 1. The normalized spacial score (nSPS) is 18.9. The van der Waals surface area contributed by atoms with Crippen LogP contribution in [0.1, 0.15) is 30.1 Å². The van der Waals surface area contributed by atoms with Gasteiger partial charge in [-0.05, 0) is 48.6 Å². The lowest BCUT2D eigenvalue weighted by molar-refractivity contribution is 0.154. The summed E-state index contributed by atoms with van der Waals surface area (Å²) in [5.41, 5.74) is 12.6. The van der Waals surface area contributed by atoms with Crippen molar-refractivity contribution in [3.05, 3.63) is 53.5 Å². The van der Waals surface area contributed by atoms with Crippen LogP contribution >= 0.6 is 0 Å². The number of aromatic nitrogens is 4. The number of nitrogens with one attached hydrogen (secondary N) is 1. The van der Waals surface area contributed by atoms with Gasteiger partial charge < -0.3 is 20.2 Å². The molecule has 2 aliphatic heterocycles. The summed E-state index contributed by atoms with van der Waals surface area (Å²) in [5.74, 6) is 2.16. The summed E-state index contributed by atoms with van der Waals surface area (Å²) in [6.45, 7) is 5.21. The van der Waals surface area contributed by atoms with Gasteiger partial charge in [-0.3, -0.25) is 9.91 Å². The Kier molecular flexibility index (Phi) is 5.68. The molecule has 3 aliphatic rings. The molecule has 1 atom stereocenters. The molecule has 0 amide bonds. The van der Waals surface area contributed by atoms with Gasteiger partial charge in [-0.2, -0.15) is 9.50 Å². The molecule has 1 saturated carbocycles. The maximum Gasteiger partial charge on any atom is 0.225 e.